The Balaban J connectivity index is 2.35. The quantitative estimate of drug-likeness (QED) is 0.846. The molecule has 0 aliphatic heterocycles. The minimum absolute atomic E-state index is 0.390. The van der Waals surface area contributed by atoms with Gasteiger partial charge in [-0.05, 0) is 11.5 Å². The first-order valence-corrected chi connectivity index (χ1v) is 6.09. The zero-order valence-electron chi connectivity index (χ0n) is 9.17. The van der Waals surface area contributed by atoms with Gasteiger partial charge in [0.1, 0.15) is 0 Å². The lowest BCUT2D eigenvalue weighted by atomic mass is 10.1. The summed E-state index contributed by atoms with van der Waals surface area (Å²) in [6.07, 6.45) is 0. The molecule has 0 heterocycles. The average molecular weight is 249 g/mol. The van der Waals surface area contributed by atoms with Crippen LogP contribution in [0.4, 0.5) is 0 Å². The minimum atomic E-state index is -1.71. The number of amides is 1. The highest BCUT2D eigenvalue weighted by Crippen LogP contribution is 2.21. The van der Waals surface area contributed by atoms with E-state index in [0.29, 0.717) is 4.90 Å². The van der Waals surface area contributed by atoms with Gasteiger partial charge in [0.25, 0.3) is 0 Å². The maximum absolute atomic E-state index is 11.8. The molecule has 0 aromatic heterocycles. The summed E-state index contributed by atoms with van der Waals surface area (Å²) in [5.41, 5.74) is 2.07. The van der Waals surface area contributed by atoms with E-state index in [1.165, 1.54) is 6.92 Å². The van der Waals surface area contributed by atoms with E-state index in [2.05, 4.69) is 5.48 Å². The van der Waals surface area contributed by atoms with Gasteiger partial charge < -0.3 is 0 Å². The predicted molar refractivity (Wildman–Crippen MR) is 65.3 cm³/mol. The summed E-state index contributed by atoms with van der Waals surface area (Å²) >= 11 is -1.71. The summed E-state index contributed by atoms with van der Waals surface area (Å²) < 4.78 is 16.6. The van der Waals surface area contributed by atoms with Crippen molar-refractivity contribution in [3.8, 4) is 0 Å². The van der Waals surface area contributed by atoms with Gasteiger partial charge in [0.05, 0.1) is 4.90 Å². The van der Waals surface area contributed by atoms with E-state index in [-0.39, 0.29) is 0 Å². The highest BCUT2D eigenvalue weighted by Gasteiger charge is 2.09. The van der Waals surface area contributed by atoms with E-state index in [0.717, 1.165) is 10.8 Å². The van der Waals surface area contributed by atoms with Crippen LogP contribution in [0.25, 0.3) is 10.8 Å². The van der Waals surface area contributed by atoms with E-state index < -0.39 is 17.0 Å². The number of hydrogen-bond acceptors (Lipinski definition) is 3. The number of benzene rings is 2. The second-order valence-corrected chi connectivity index (χ2v) is 4.53. The molecule has 1 amide bonds. The number of carbonyl (C=O) groups is 1. The first-order chi connectivity index (χ1) is 8.18. The van der Waals surface area contributed by atoms with Crippen LogP contribution in [-0.4, -0.2) is 10.1 Å². The van der Waals surface area contributed by atoms with Gasteiger partial charge in [-0.2, -0.15) is 4.28 Å². The molecule has 0 aliphatic rings. The van der Waals surface area contributed by atoms with Crippen molar-refractivity contribution < 1.29 is 13.3 Å². The van der Waals surface area contributed by atoms with Crippen LogP contribution in [0.15, 0.2) is 47.4 Å². The smallest absolute Gasteiger partial charge is 0.241 e. The zero-order valence-corrected chi connectivity index (χ0v) is 9.99. The molecule has 1 atom stereocenters. The topological polar surface area (TPSA) is 55.4 Å². The Hall–Kier alpha value is -1.72. The molecule has 88 valence electrons. The number of fused-ring (bicyclic) bond motifs is 1. The second-order valence-electron chi connectivity index (χ2n) is 3.45. The molecule has 1 unspecified atom stereocenters. The van der Waals surface area contributed by atoms with Gasteiger partial charge in [0.15, 0.2) is 0 Å². The number of hydrogen-bond donors (Lipinski definition) is 1. The predicted octanol–water partition coefficient (Wildman–Crippen LogP) is 1.93. The molecular weight excluding hydrogens is 238 g/mol. The molecule has 0 fully saturated rings. The van der Waals surface area contributed by atoms with Crippen molar-refractivity contribution >= 4 is 27.8 Å². The van der Waals surface area contributed by atoms with Crippen LogP contribution in [0.2, 0.25) is 0 Å². The Morgan fingerprint density at radius 2 is 1.88 bits per heavy atom. The summed E-state index contributed by atoms with van der Waals surface area (Å²) in [4.78, 5) is 11.2. The largest absolute Gasteiger partial charge is 0.273 e. The molecule has 0 spiro atoms. The van der Waals surface area contributed by atoms with Crippen LogP contribution < -0.4 is 5.48 Å². The molecule has 0 bridgehead atoms. The monoisotopic (exact) mass is 249 g/mol. The molecule has 4 nitrogen and oxygen atoms in total. The highest BCUT2D eigenvalue weighted by atomic mass is 32.2. The average Bonchev–Trinajstić information content (AvgIpc) is 2.35. The second kappa shape index (κ2) is 5.07. The standard InChI is InChI=1S/C12H11NO3S/c1-9(14)13-16-17(15)12-8-4-6-10-5-2-3-7-11(10)12/h2-8H,1H3,(H,13,14). The fourth-order valence-corrected chi connectivity index (χ4v) is 2.32. The first-order valence-electron chi connectivity index (χ1n) is 5.02. The van der Waals surface area contributed by atoms with E-state index in [4.69, 9.17) is 4.28 Å². The van der Waals surface area contributed by atoms with Gasteiger partial charge >= 0.3 is 0 Å². The summed E-state index contributed by atoms with van der Waals surface area (Å²) in [6.45, 7) is 1.29. The van der Waals surface area contributed by atoms with Crippen molar-refractivity contribution in [1.82, 2.24) is 5.48 Å². The lowest BCUT2D eigenvalue weighted by Gasteiger charge is -2.05. The maximum atomic E-state index is 11.8. The molecule has 1 N–H and O–H groups in total. The fourth-order valence-electron chi connectivity index (χ4n) is 1.48. The van der Waals surface area contributed by atoms with Gasteiger partial charge in [-0.3, -0.25) is 4.79 Å². The lowest BCUT2D eigenvalue weighted by molar-refractivity contribution is -0.124. The summed E-state index contributed by atoms with van der Waals surface area (Å²) in [7, 11) is 0. The van der Waals surface area contributed by atoms with Crippen LogP contribution in [0.5, 0.6) is 0 Å². The zero-order chi connectivity index (χ0) is 12.3. The van der Waals surface area contributed by atoms with Crippen molar-refractivity contribution in [2.75, 3.05) is 0 Å². The first kappa shape index (κ1) is 11.8. The van der Waals surface area contributed by atoms with Crippen molar-refractivity contribution in [3.63, 3.8) is 0 Å². The van der Waals surface area contributed by atoms with Crippen LogP contribution >= 0.6 is 0 Å². The Morgan fingerprint density at radius 3 is 2.65 bits per heavy atom. The Kier molecular flexibility index (Phi) is 3.51. The molecule has 2 aromatic rings. The van der Waals surface area contributed by atoms with E-state index in [1.54, 1.807) is 12.1 Å². The van der Waals surface area contributed by atoms with Gasteiger partial charge in [-0.1, -0.05) is 36.4 Å². The molecule has 0 saturated heterocycles. The third-order valence-corrected chi connectivity index (χ3v) is 3.14. The normalized spacial score (nSPS) is 12.3. The molecule has 0 radical (unpaired) electrons. The number of nitrogens with one attached hydrogen (secondary N) is 1. The summed E-state index contributed by atoms with van der Waals surface area (Å²) in [5, 5.41) is 1.82. The lowest BCUT2D eigenvalue weighted by Crippen LogP contribution is -2.21. The van der Waals surface area contributed by atoms with Crippen LogP contribution in [0, 0.1) is 0 Å². The van der Waals surface area contributed by atoms with Crippen LogP contribution in [0.1, 0.15) is 6.92 Å². The van der Waals surface area contributed by atoms with Crippen molar-refractivity contribution in [2.45, 2.75) is 11.8 Å². The van der Waals surface area contributed by atoms with Crippen molar-refractivity contribution in [3.05, 3.63) is 42.5 Å². The Labute approximate surface area is 101 Å². The van der Waals surface area contributed by atoms with Crippen LogP contribution in [0.3, 0.4) is 0 Å². The van der Waals surface area contributed by atoms with Crippen molar-refractivity contribution in [2.24, 2.45) is 0 Å². The summed E-state index contributed by atoms with van der Waals surface area (Å²) in [6, 6.07) is 13.0. The van der Waals surface area contributed by atoms with E-state index in [1.807, 2.05) is 30.3 Å². The SMILES string of the molecule is CC(=O)NOS(=O)c1cccc2ccccc12. The minimum Gasteiger partial charge on any atom is -0.273 e. The van der Waals surface area contributed by atoms with Crippen LogP contribution in [-0.2, 0) is 20.2 Å². The third-order valence-electron chi connectivity index (χ3n) is 2.19. The van der Waals surface area contributed by atoms with Gasteiger partial charge in [-0.15, -0.1) is 0 Å². The molecule has 2 aromatic carbocycles. The third kappa shape index (κ3) is 2.69. The molecule has 0 saturated carbocycles. The number of carbonyl (C=O) groups excluding carboxylic acids is 1. The highest BCUT2D eigenvalue weighted by molar-refractivity contribution is 7.80. The molecular formula is C12H11NO3S. The van der Waals surface area contributed by atoms with E-state index >= 15 is 0 Å². The Bertz CT molecular complexity index is 577. The molecule has 5 heteroatoms. The fraction of sp³-hybridized carbons (Fsp3) is 0.0833. The Morgan fingerprint density at radius 1 is 1.18 bits per heavy atom. The molecule has 0 aliphatic carbocycles. The molecule has 17 heavy (non-hydrogen) atoms. The number of hydroxylamine groups is 1. The van der Waals surface area contributed by atoms with E-state index in [9.17, 15) is 9.00 Å². The maximum Gasteiger partial charge on any atom is 0.241 e. The van der Waals surface area contributed by atoms with Gasteiger partial charge in [-0.25, -0.2) is 9.69 Å². The van der Waals surface area contributed by atoms with Gasteiger partial charge in [0, 0.05) is 12.3 Å². The van der Waals surface area contributed by atoms with Crippen molar-refractivity contribution in [1.29, 1.82) is 0 Å². The number of rotatable bonds is 3. The van der Waals surface area contributed by atoms with Gasteiger partial charge in [0.2, 0.25) is 17.0 Å². The summed E-state index contributed by atoms with van der Waals surface area (Å²) in [5.74, 6) is -0.390. The molecule has 2 rings (SSSR count).